The molecular formula is C16H15N5O3. The van der Waals surface area contributed by atoms with E-state index in [0.29, 0.717) is 24.3 Å². The van der Waals surface area contributed by atoms with Crippen LogP contribution < -0.4 is 15.2 Å². The number of rotatable bonds is 0. The minimum absolute atomic E-state index is 0.138. The van der Waals surface area contributed by atoms with Gasteiger partial charge in [0.1, 0.15) is 19.0 Å². The Hall–Kier alpha value is -3.29. The molecule has 0 fully saturated rings. The summed E-state index contributed by atoms with van der Waals surface area (Å²) in [6.07, 6.45) is 3.68. The molecule has 1 aliphatic heterocycles. The van der Waals surface area contributed by atoms with E-state index in [4.69, 9.17) is 15.2 Å². The number of imidazole rings is 1. The molecule has 0 saturated carbocycles. The van der Waals surface area contributed by atoms with Crippen molar-refractivity contribution in [2.45, 2.75) is 6.54 Å². The zero-order chi connectivity index (χ0) is 16.5. The van der Waals surface area contributed by atoms with Crippen molar-refractivity contribution in [1.82, 2.24) is 19.5 Å². The van der Waals surface area contributed by atoms with Gasteiger partial charge >= 0.3 is 6.01 Å². The topological polar surface area (TPSA) is 108 Å². The van der Waals surface area contributed by atoms with E-state index in [2.05, 4.69) is 15.0 Å². The molecule has 2 bridgehead atoms. The number of fused-ring (bicyclic) bond motifs is 2. The van der Waals surface area contributed by atoms with Gasteiger partial charge in [-0.1, -0.05) is 18.2 Å². The monoisotopic (exact) mass is 325 g/mol. The van der Waals surface area contributed by atoms with Crippen molar-refractivity contribution < 1.29 is 14.6 Å². The zero-order valence-corrected chi connectivity index (χ0v) is 12.7. The smallest absolute Gasteiger partial charge is 0.320 e. The quantitative estimate of drug-likeness (QED) is 0.603. The van der Waals surface area contributed by atoms with Crippen LogP contribution in [0.5, 0.6) is 17.8 Å². The number of nitrogens with zero attached hydrogens (tertiary/aromatic N) is 4. The van der Waals surface area contributed by atoms with E-state index in [-0.39, 0.29) is 24.4 Å². The first-order valence-electron chi connectivity index (χ1n) is 7.43. The number of hydrogen-bond donors (Lipinski definition) is 2. The van der Waals surface area contributed by atoms with Crippen LogP contribution in [0.3, 0.4) is 0 Å². The van der Waals surface area contributed by atoms with E-state index in [0.717, 1.165) is 11.3 Å². The summed E-state index contributed by atoms with van der Waals surface area (Å²) in [6, 6.07) is 7.55. The highest BCUT2D eigenvalue weighted by molar-refractivity contribution is 5.83. The molecule has 8 nitrogen and oxygen atoms in total. The van der Waals surface area contributed by atoms with E-state index in [1.807, 2.05) is 36.4 Å². The summed E-state index contributed by atoms with van der Waals surface area (Å²) >= 11 is 0. The van der Waals surface area contributed by atoms with Crippen molar-refractivity contribution in [1.29, 1.82) is 0 Å². The largest absolute Gasteiger partial charge is 0.489 e. The molecule has 0 spiro atoms. The third kappa shape index (κ3) is 2.47. The minimum Gasteiger partial charge on any atom is -0.489 e. The number of aromatic hydroxyl groups is 1. The van der Waals surface area contributed by atoms with Crippen molar-refractivity contribution in [3.05, 3.63) is 42.0 Å². The molecule has 24 heavy (non-hydrogen) atoms. The Morgan fingerprint density at radius 1 is 1.04 bits per heavy atom. The van der Waals surface area contributed by atoms with Crippen LogP contribution in [0, 0.1) is 0 Å². The molecule has 0 unspecified atom stereocenters. The second-order valence-corrected chi connectivity index (χ2v) is 5.26. The molecule has 0 radical (unpaired) electrons. The maximum atomic E-state index is 10.2. The second kappa shape index (κ2) is 5.73. The van der Waals surface area contributed by atoms with E-state index >= 15 is 0 Å². The van der Waals surface area contributed by atoms with Gasteiger partial charge < -0.3 is 20.3 Å². The van der Waals surface area contributed by atoms with Gasteiger partial charge in [0.2, 0.25) is 0 Å². The number of benzene rings is 1. The molecule has 3 aromatic rings. The molecule has 0 saturated heterocycles. The second-order valence-electron chi connectivity index (χ2n) is 5.26. The van der Waals surface area contributed by atoms with Crippen LogP contribution in [0.4, 0.5) is 5.82 Å². The highest BCUT2D eigenvalue weighted by Gasteiger charge is 2.18. The maximum Gasteiger partial charge on any atom is 0.320 e. The Labute approximate surface area is 137 Å². The Balaban J connectivity index is 1.91. The zero-order valence-electron chi connectivity index (χ0n) is 12.7. The molecule has 1 aliphatic rings. The summed E-state index contributed by atoms with van der Waals surface area (Å²) < 4.78 is 12.8. The van der Waals surface area contributed by atoms with Gasteiger partial charge in [-0.15, -0.1) is 0 Å². The molecule has 2 aromatic heterocycles. The van der Waals surface area contributed by atoms with Gasteiger partial charge in [0, 0.05) is 5.56 Å². The molecule has 3 N–H and O–H groups in total. The van der Waals surface area contributed by atoms with Gasteiger partial charge in [0.05, 0.1) is 6.54 Å². The predicted molar refractivity (Wildman–Crippen MR) is 87.1 cm³/mol. The summed E-state index contributed by atoms with van der Waals surface area (Å²) in [5.74, 6) is 0.887. The molecule has 4 rings (SSSR count). The van der Waals surface area contributed by atoms with E-state index in [1.54, 1.807) is 4.57 Å². The third-order valence-corrected chi connectivity index (χ3v) is 3.69. The van der Waals surface area contributed by atoms with Gasteiger partial charge in [-0.05, 0) is 18.2 Å². The number of anilines is 1. The molecule has 1 aromatic carbocycles. The summed E-state index contributed by atoms with van der Waals surface area (Å²) in [5, 5.41) is 10.2. The highest BCUT2D eigenvalue weighted by Crippen LogP contribution is 2.28. The van der Waals surface area contributed by atoms with E-state index < -0.39 is 0 Å². The Kier molecular flexibility index (Phi) is 3.42. The average molecular weight is 325 g/mol. The Morgan fingerprint density at radius 2 is 1.83 bits per heavy atom. The fourth-order valence-corrected chi connectivity index (χ4v) is 2.54. The van der Waals surface area contributed by atoms with Crippen LogP contribution in [0.1, 0.15) is 5.56 Å². The number of nitrogen functional groups attached to an aromatic ring is 1. The van der Waals surface area contributed by atoms with Gasteiger partial charge in [0.15, 0.2) is 17.0 Å². The number of aromatic nitrogens is 4. The first-order valence-corrected chi connectivity index (χ1v) is 7.43. The standard InChI is InChI=1S/C16H15N5O3/c17-13-12-14-20-15(19-13)24-8-4-3-7-23-11-6-2-1-5-10(11)9-21(14)16(22)18-12/h1-6H,7-9H2,(H,18,22)(H2,17,19,20)/b4-3-. The Morgan fingerprint density at radius 3 is 2.71 bits per heavy atom. The van der Waals surface area contributed by atoms with Crippen LogP contribution in [0.15, 0.2) is 36.4 Å². The summed E-state index contributed by atoms with van der Waals surface area (Å²) in [5.41, 5.74) is 7.55. The van der Waals surface area contributed by atoms with Gasteiger partial charge in [-0.25, -0.2) is 0 Å². The molecule has 8 heteroatoms. The number of ether oxygens (including phenoxy) is 2. The van der Waals surface area contributed by atoms with Crippen molar-refractivity contribution in [2.24, 2.45) is 0 Å². The SMILES string of the molecule is Nc1nc2nc3c1nc(O)n3Cc1ccccc1OC/C=C\CO2. The number of hydrogen-bond acceptors (Lipinski definition) is 7. The first-order chi connectivity index (χ1) is 11.7. The van der Waals surface area contributed by atoms with Crippen molar-refractivity contribution in [3.8, 4) is 17.8 Å². The van der Waals surface area contributed by atoms with Gasteiger partial charge in [-0.2, -0.15) is 15.0 Å². The van der Waals surface area contributed by atoms with Crippen LogP contribution in [0.25, 0.3) is 11.2 Å². The number of para-hydroxylation sites is 1. The van der Waals surface area contributed by atoms with Crippen LogP contribution in [-0.2, 0) is 6.54 Å². The lowest BCUT2D eigenvalue weighted by atomic mass is 10.2. The summed E-state index contributed by atoms with van der Waals surface area (Å²) in [4.78, 5) is 12.5. The van der Waals surface area contributed by atoms with Crippen molar-refractivity contribution in [2.75, 3.05) is 18.9 Å². The van der Waals surface area contributed by atoms with Crippen LogP contribution in [-0.4, -0.2) is 37.8 Å². The fraction of sp³-hybridized carbons (Fsp3) is 0.188. The lowest BCUT2D eigenvalue weighted by molar-refractivity contribution is 0.330. The first kappa shape index (κ1) is 14.3. The molecule has 3 heterocycles. The van der Waals surface area contributed by atoms with Crippen LogP contribution in [0.2, 0.25) is 0 Å². The average Bonchev–Trinajstić information content (AvgIpc) is 2.89. The van der Waals surface area contributed by atoms with Crippen molar-refractivity contribution >= 4 is 17.0 Å². The minimum atomic E-state index is -0.189. The molecule has 0 aliphatic carbocycles. The highest BCUT2D eigenvalue weighted by atomic mass is 16.5. The van der Waals surface area contributed by atoms with Crippen LogP contribution >= 0.6 is 0 Å². The molecule has 0 amide bonds. The predicted octanol–water partition coefficient (Wildman–Crippen LogP) is 1.49. The molecular weight excluding hydrogens is 310 g/mol. The normalized spacial score (nSPS) is 15.5. The summed E-state index contributed by atoms with van der Waals surface area (Å²) in [7, 11) is 0. The maximum absolute atomic E-state index is 10.2. The fourth-order valence-electron chi connectivity index (χ4n) is 2.54. The Bertz CT molecular complexity index is 935. The lowest BCUT2D eigenvalue weighted by Gasteiger charge is -2.11. The number of nitrogens with two attached hydrogens (primary N) is 1. The molecule has 122 valence electrons. The van der Waals surface area contributed by atoms with Gasteiger partial charge in [0.25, 0.3) is 6.01 Å². The lowest BCUT2D eigenvalue weighted by Crippen LogP contribution is -2.05. The van der Waals surface area contributed by atoms with Gasteiger partial charge in [-0.3, -0.25) is 4.57 Å². The third-order valence-electron chi connectivity index (χ3n) is 3.69. The van der Waals surface area contributed by atoms with E-state index in [9.17, 15) is 5.11 Å². The molecule has 0 atom stereocenters. The van der Waals surface area contributed by atoms with Crippen molar-refractivity contribution in [3.63, 3.8) is 0 Å². The summed E-state index contributed by atoms with van der Waals surface area (Å²) in [6.45, 7) is 1.03. The van der Waals surface area contributed by atoms with E-state index in [1.165, 1.54) is 0 Å².